The Kier molecular flexibility index (Phi) is 8.78. The zero-order valence-electron chi connectivity index (χ0n) is 19.0. The maximum absolute atomic E-state index is 13.4. The fraction of sp³-hybridized carbons (Fsp3) is 0.227. The molecule has 3 rings (SSSR count). The van der Waals surface area contributed by atoms with Crippen LogP contribution in [-0.4, -0.2) is 63.7 Å². The first-order valence-corrected chi connectivity index (χ1v) is 11.0. The Hall–Kier alpha value is -4.20. The van der Waals surface area contributed by atoms with Gasteiger partial charge in [0.2, 0.25) is 6.29 Å². The molecule has 1 aliphatic rings. The van der Waals surface area contributed by atoms with Crippen molar-refractivity contribution in [2.75, 3.05) is 18.5 Å². The highest BCUT2D eigenvalue weighted by atomic mass is 35.5. The van der Waals surface area contributed by atoms with Crippen molar-refractivity contribution in [1.82, 2.24) is 14.8 Å². The molecule has 13 nitrogen and oxygen atoms in total. The molecule has 0 aliphatic carbocycles. The second kappa shape index (κ2) is 12.0. The molecule has 0 radical (unpaired) electrons. The van der Waals surface area contributed by atoms with E-state index in [1.54, 1.807) is 48.5 Å². The molecule has 14 heteroatoms. The molecule has 0 spiro atoms. The van der Waals surface area contributed by atoms with Crippen LogP contribution in [0.25, 0.3) is 0 Å². The summed E-state index contributed by atoms with van der Waals surface area (Å²) in [6.07, 6.45) is 1.16. The summed E-state index contributed by atoms with van der Waals surface area (Å²) in [5, 5.41) is 23.4. The average molecular weight is 517 g/mol. The van der Waals surface area contributed by atoms with Gasteiger partial charge in [-0.2, -0.15) is 4.91 Å². The van der Waals surface area contributed by atoms with Gasteiger partial charge in [-0.3, -0.25) is 4.90 Å². The number of hydrazine groups is 1. The quantitative estimate of drug-likeness (QED) is 0.0986. The first kappa shape index (κ1) is 26.4. The minimum Gasteiger partial charge on any atom is -0.442 e. The first-order chi connectivity index (χ1) is 17.3. The monoisotopic (exact) mass is 516 g/mol. The summed E-state index contributed by atoms with van der Waals surface area (Å²) < 4.78 is 5.37. The molecule has 2 aromatic carbocycles. The highest BCUT2D eigenvalue weighted by Gasteiger charge is 2.44. The summed E-state index contributed by atoms with van der Waals surface area (Å²) in [6, 6.07) is 10.4. The number of urea groups is 2. The van der Waals surface area contributed by atoms with Crippen LogP contribution in [0.2, 0.25) is 5.02 Å². The Balaban J connectivity index is 1.88. The third-order valence-electron chi connectivity index (χ3n) is 5.14. The molecule has 2 atom stereocenters. The molecule has 7 N–H and O–H groups in total. The molecule has 4 amide bonds. The van der Waals surface area contributed by atoms with Crippen molar-refractivity contribution < 1.29 is 19.4 Å². The van der Waals surface area contributed by atoms with Gasteiger partial charge < -0.3 is 26.3 Å². The highest BCUT2D eigenvalue weighted by Crippen LogP contribution is 2.24. The van der Waals surface area contributed by atoms with Gasteiger partial charge in [-0.15, -0.1) is 0 Å². The van der Waals surface area contributed by atoms with Gasteiger partial charge in [0, 0.05) is 23.0 Å². The smallest absolute Gasteiger partial charge is 0.345 e. The minimum atomic E-state index is -1.20. The van der Waals surface area contributed by atoms with Crippen molar-refractivity contribution in [3.8, 4) is 5.75 Å². The number of rotatable bonds is 11. The van der Waals surface area contributed by atoms with E-state index in [0.29, 0.717) is 22.0 Å². The number of aliphatic hydroxyl groups excluding tert-OH is 1. The Morgan fingerprint density at radius 3 is 2.44 bits per heavy atom. The number of nitrogens with two attached hydrogens (primary N) is 2. The van der Waals surface area contributed by atoms with Gasteiger partial charge in [0.1, 0.15) is 11.8 Å². The van der Waals surface area contributed by atoms with Crippen LogP contribution in [0.5, 0.6) is 5.75 Å². The molecule has 1 aliphatic heterocycles. The van der Waals surface area contributed by atoms with E-state index in [9.17, 15) is 19.6 Å². The maximum atomic E-state index is 13.4. The molecular formula is C22H25ClN8O5. The standard InChI is InChI=1S/C22H25ClN8O5/c23-15-3-1-14(2-4-15)11-29-20(27-16-5-7-18(8-6-16)36-19(25)9-10-24)31(26)22(34)30(21(29)33)12-17(13-32)28-35/h1-10,17,20,24,27,32H,11-13,25-26H2/b19-9+,24-10?/t17-,20?/m0/s1. The van der Waals surface area contributed by atoms with Crippen molar-refractivity contribution in [2.24, 2.45) is 16.8 Å². The number of hydrogen-bond donors (Lipinski definition) is 5. The molecule has 0 saturated carbocycles. The molecule has 1 unspecified atom stereocenters. The Morgan fingerprint density at radius 1 is 1.19 bits per heavy atom. The van der Waals surface area contributed by atoms with Crippen LogP contribution < -0.4 is 21.6 Å². The second-order valence-corrected chi connectivity index (χ2v) is 8.10. The number of allylic oxidation sites excluding steroid dienone is 1. The number of ether oxygens (including phenoxy) is 1. The van der Waals surface area contributed by atoms with Gasteiger partial charge >= 0.3 is 12.1 Å². The van der Waals surface area contributed by atoms with Gasteiger partial charge in [-0.05, 0) is 42.0 Å². The molecule has 1 fully saturated rings. The molecule has 1 heterocycles. The minimum absolute atomic E-state index is 0.0301. The molecule has 2 aromatic rings. The number of carbonyl (C=O) groups is 2. The number of nitrogens with one attached hydrogen (secondary N) is 2. The largest absolute Gasteiger partial charge is 0.442 e. The molecule has 1 saturated heterocycles. The number of imide groups is 1. The van der Waals surface area contributed by atoms with Crippen molar-refractivity contribution in [2.45, 2.75) is 18.9 Å². The molecule has 0 aromatic heterocycles. The summed E-state index contributed by atoms with van der Waals surface area (Å²) in [5.74, 6) is 6.53. The molecule has 36 heavy (non-hydrogen) atoms. The van der Waals surface area contributed by atoms with Crippen molar-refractivity contribution in [1.29, 1.82) is 5.41 Å². The average Bonchev–Trinajstić information content (AvgIpc) is 2.87. The topological polar surface area (TPSA) is 191 Å². The van der Waals surface area contributed by atoms with E-state index < -0.39 is 37.5 Å². The summed E-state index contributed by atoms with van der Waals surface area (Å²) in [6.45, 7) is -1.04. The van der Waals surface area contributed by atoms with E-state index >= 15 is 0 Å². The number of carbonyl (C=O) groups excluding carboxylic acids is 2. The van der Waals surface area contributed by atoms with E-state index in [2.05, 4.69) is 10.5 Å². The van der Waals surface area contributed by atoms with Crippen LogP contribution in [-0.2, 0) is 6.54 Å². The fourth-order valence-corrected chi connectivity index (χ4v) is 3.46. The van der Waals surface area contributed by atoms with Crippen LogP contribution in [0.1, 0.15) is 5.56 Å². The van der Waals surface area contributed by atoms with Crippen molar-refractivity contribution >= 4 is 35.6 Å². The van der Waals surface area contributed by atoms with Gasteiger partial charge in [-0.1, -0.05) is 28.9 Å². The lowest BCUT2D eigenvalue weighted by molar-refractivity contribution is 0.0350. The third-order valence-corrected chi connectivity index (χ3v) is 5.39. The number of hydrogen-bond acceptors (Lipinski definition) is 10. The number of halogens is 1. The molecular weight excluding hydrogens is 492 g/mol. The normalized spacial score (nSPS) is 17.1. The highest BCUT2D eigenvalue weighted by molar-refractivity contribution is 6.30. The van der Waals surface area contributed by atoms with E-state index in [1.165, 1.54) is 11.0 Å². The van der Waals surface area contributed by atoms with Crippen LogP contribution in [0.15, 0.2) is 65.7 Å². The van der Waals surface area contributed by atoms with E-state index in [-0.39, 0.29) is 12.4 Å². The zero-order valence-corrected chi connectivity index (χ0v) is 19.7. The number of amides is 4. The molecule has 190 valence electrons. The lowest BCUT2D eigenvalue weighted by atomic mass is 10.2. The van der Waals surface area contributed by atoms with E-state index in [0.717, 1.165) is 16.1 Å². The molecule has 0 bridgehead atoms. The summed E-state index contributed by atoms with van der Waals surface area (Å²) in [7, 11) is 0. The van der Waals surface area contributed by atoms with Gasteiger partial charge in [-0.25, -0.2) is 25.3 Å². The summed E-state index contributed by atoms with van der Waals surface area (Å²) in [4.78, 5) is 39.3. The first-order valence-electron chi connectivity index (χ1n) is 10.6. The lowest BCUT2D eigenvalue weighted by Crippen LogP contribution is -2.70. The van der Waals surface area contributed by atoms with E-state index in [1.807, 2.05) is 0 Å². The third kappa shape index (κ3) is 6.27. The van der Waals surface area contributed by atoms with E-state index in [4.69, 9.17) is 33.3 Å². The van der Waals surface area contributed by atoms with Crippen molar-refractivity contribution in [3.05, 3.63) is 76.0 Å². The summed E-state index contributed by atoms with van der Waals surface area (Å²) in [5.41, 5.74) is 6.83. The Bertz CT molecular complexity index is 1130. The number of benzene rings is 2. The number of nitroso groups, excluding NO2 is 1. The Labute approximate surface area is 211 Å². The SMILES string of the molecule is N=C/C=C(\N)Oc1ccc(NC2N(N)C(=O)N(C[C@@H](CO)N=O)C(=O)N2Cc2ccc(Cl)cc2)cc1. The van der Waals surface area contributed by atoms with Gasteiger partial charge in [0.15, 0.2) is 5.88 Å². The van der Waals surface area contributed by atoms with Crippen LogP contribution in [0.4, 0.5) is 15.3 Å². The van der Waals surface area contributed by atoms with Gasteiger partial charge in [0.05, 0.1) is 19.7 Å². The second-order valence-electron chi connectivity index (χ2n) is 7.66. The number of aliphatic hydroxyl groups is 1. The lowest BCUT2D eigenvalue weighted by Gasteiger charge is -2.45. The maximum Gasteiger partial charge on any atom is 0.345 e. The number of nitrogens with zero attached hydrogens (tertiary/aromatic N) is 4. The zero-order chi connectivity index (χ0) is 26.2. The van der Waals surface area contributed by atoms with Crippen LogP contribution >= 0.6 is 11.6 Å². The van der Waals surface area contributed by atoms with Crippen LogP contribution in [0.3, 0.4) is 0 Å². The van der Waals surface area contributed by atoms with Crippen LogP contribution in [0, 0.1) is 10.3 Å². The predicted octanol–water partition coefficient (Wildman–Crippen LogP) is 2.22. The summed E-state index contributed by atoms with van der Waals surface area (Å²) >= 11 is 5.97. The fourth-order valence-electron chi connectivity index (χ4n) is 3.34. The van der Waals surface area contributed by atoms with Crippen molar-refractivity contribution in [3.63, 3.8) is 0 Å². The number of anilines is 1. The van der Waals surface area contributed by atoms with Gasteiger partial charge in [0.25, 0.3) is 0 Å². The Morgan fingerprint density at radius 2 is 1.86 bits per heavy atom. The predicted molar refractivity (Wildman–Crippen MR) is 133 cm³/mol.